The van der Waals surface area contributed by atoms with E-state index in [0.717, 1.165) is 0 Å². The zero-order chi connectivity index (χ0) is 11.3. The van der Waals surface area contributed by atoms with Gasteiger partial charge in [-0.15, -0.1) is 0 Å². The van der Waals surface area contributed by atoms with Crippen molar-refractivity contribution in [3.8, 4) is 0 Å². The van der Waals surface area contributed by atoms with E-state index in [1.54, 1.807) is 30.3 Å². The molecule has 15 heavy (non-hydrogen) atoms. The van der Waals surface area contributed by atoms with Gasteiger partial charge in [-0.1, -0.05) is 30.3 Å². The normalized spacial score (nSPS) is 13.7. The molecule has 1 rings (SSSR count). The van der Waals surface area contributed by atoms with Crippen molar-refractivity contribution >= 4 is 10.1 Å². The highest BCUT2D eigenvalue weighted by atomic mass is 32.2. The average molecular weight is 232 g/mol. The Hall–Kier alpha value is -0.940. The molecule has 0 aliphatic rings. The Morgan fingerprint density at radius 1 is 1.27 bits per heavy atom. The monoisotopic (exact) mass is 232 g/mol. The molecule has 0 amide bonds. The first-order chi connectivity index (χ1) is 7.05. The van der Waals surface area contributed by atoms with Crippen LogP contribution in [0.2, 0.25) is 0 Å². The second-order valence-corrected chi connectivity index (χ2v) is 4.84. The molecule has 0 aliphatic carbocycles. The molecule has 0 saturated carbocycles. The van der Waals surface area contributed by atoms with Gasteiger partial charge in [0, 0.05) is 0 Å². The molecule has 0 spiro atoms. The molecule has 0 radical (unpaired) electrons. The molecule has 0 fully saturated rings. The largest absolute Gasteiger partial charge is 0.285 e. The van der Waals surface area contributed by atoms with E-state index in [1.807, 2.05) is 0 Å². The van der Waals surface area contributed by atoms with Crippen molar-refractivity contribution in [3.05, 3.63) is 35.9 Å². The third-order valence-corrected chi connectivity index (χ3v) is 3.36. The van der Waals surface area contributed by atoms with Crippen molar-refractivity contribution in [2.45, 2.75) is 18.1 Å². The number of hydrogen-bond acceptors (Lipinski definition) is 2. The van der Waals surface area contributed by atoms with Crippen LogP contribution in [-0.2, 0) is 10.1 Å². The van der Waals surface area contributed by atoms with Gasteiger partial charge in [0.15, 0.2) is 0 Å². The summed E-state index contributed by atoms with van der Waals surface area (Å²) < 4.78 is 43.1. The third-order valence-electron chi connectivity index (χ3n) is 2.13. The van der Waals surface area contributed by atoms with Crippen molar-refractivity contribution < 1.29 is 17.4 Å². The highest BCUT2D eigenvalue weighted by Gasteiger charge is 2.24. The van der Waals surface area contributed by atoms with Crippen molar-refractivity contribution in [3.63, 3.8) is 0 Å². The van der Waals surface area contributed by atoms with Crippen molar-refractivity contribution in [2.24, 2.45) is 0 Å². The average Bonchev–Trinajstić information content (AvgIpc) is 2.18. The number of halogens is 1. The van der Waals surface area contributed by atoms with Crippen LogP contribution in [0.15, 0.2) is 30.3 Å². The third kappa shape index (κ3) is 3.60. The van der Waals surface area contributed by atoms with Gasteiger partial charge < -0.3 is 0 Å². The van der Waals surface area contributed by atoms with E-state index in [1.165, 1.54) is 0 Å². The van der Waals surface area contributed by atoms with E-state index in [9.17, 15) is 12.8 Å². The standard InChI is InChI=1S/C10H13FO3S/c11-8-4-7-10(15(12,13)14)9-5-2-1-3-6-9/h1-3,5-6,10H,4,7-8H2,(H,12,13,14). The van der Waals surface area contributed by atoms with Crippen LogP contribution >= 0.6 is 0 Å². The first-order valence-corrected chi connectivity index (χ1v) is 6.13. The lowest BCUT2D eigenvalue weighted by Gasteiger charge is -2.12. The summed E-state index contributed by atoms with van der Waals surface area (Å²) in [5.74, 6) is 0. The highest BCUT2D eigenvalue weighted by molar-refractivity contribution is 7.86. The molecule has 0 saturated heterocycles. The molecule has 84 valence electrons. The second-order valence-electron chi connectivity index (χ2n) is 3.25. The number of alkyl halides is 1. The van der Waals surface area contributed by atoms with Gasteiger partial charge in [-0.05, 0) is 18.4 Å². The predicted octanol–water partition coefficient (Wildman–Crippen LogP) is 2.37. The van der Waals surface area contributed by atoms with Crippen LogP contribution in [0.3, 0.4) is 0 Å². The van der Waals surface area contributed by atoms with Crippen LogP contribution in [0.5, 0.6) is 0 Å². The molecule has 0 aromatic heterocycles. The van der Waals surface area contributed by atoms with Crippen LogP contribution in [0.25, 0.3) is 0 Å². The molecule has 1 atom stereocenters. The molecular formula is C10H13FO3S. The summed E-state index contributed by atoms with van der Waals surface area (Å²) in [7, 11) is -4.16. The molecule has 3 nitrogen and oxygen atoms in total. The van der Waals surface area contributed by atoms with Gasteiger partial charge >= 0.3 is 0 Å². The van der Waals surface area contributed by atoms with E-state index < -0.39 is 22.0 Å². The summed E-state index contributed by atoms with van der Waals surface area (Å²) in [5.41, 5.74) is 0.494. The van der Waals surface area contributed by atoms with Crippen LogP contribution in [0.4, 0.5) is 4.39 Å². The highest BCUT2D eigenvalue weighted by Crippen LogP contribution is 2.26. The summed E-state index contributed by atoms with van der Waals surface area (Å²) in [6.45, 7) is -0.584. The second kappa shape index (κ2) is 5.23. The van der Waals surface area contributed by atoms with Gasteiger partial charge in [0.2, 0.25) is 0 Å². The van der Waals surface area contributed by atoms with Gasteiger partial charge in [-0.25, -0.2) is 0 Å². The predicted molar refractivity (Wildman–Crippen MR) is 55.9 cm³/mol. The fourth-order valence-corrected chi connectivity index (χ4v) is 2.38. The SMILES string of the molecule is O=S(=O)(O)C(CCCF)c1ccccc1. The summed E-state index contributed by atoms with van der Waals surface area (Å²) >= 11 is 0. The summed E-state index contributed by atoms with van der Waals surface area (Å²) in [6, 6.07) is 8.33. The number of hydrogen-bond donors (Lipinski definition) is 1. The van der Waals surface area contributed by atoms with Crippen LogP contribution in [-0.4, -0.2) is 19.6 Å². The van der Waals surface area contributed by atoms with E-state index in [2.05, 4.69) is 0 Å². The lowest BCUT2D eigenvalue weighted by atomic mass is 10.1. The van der Waals surface area contributed by atoms with Gasteiger partial charge in [0.05, 0.1) is 6.67 Å². The Labute approximate surface area is 88.7 Å². The van der Waals surface area contributed by atoms with E-state index in [-0.39, 0.29) is 12.8 Å². The summed E-state index contributed by atoms with van der Waals surface area (Å²) in [6.07, 6.45) is 0.221. The molecule has 0 aliphatic heterocycles. The maximum atomic E-state index is 12.0. The Balaban J connectivity index is 2.92. The lowest BCUT2D eigenvalue weighted by Crippen LogP contribution is -2.12. The summed E-state index contributed by atoms with van der Waals surface area (Å²) in [4.78, 5) is 0. The maximum absolute atomic E-state index is 12.0. The van der Waals surface area contributed by atoms with Gasteiger partial charge in [-0.3, -0.25) is 8.94 Å². The maximum Gasteiger partial charge on any atom is 0.271 e. The van der Waals surface area contributed by atoms with E-state index >= 15 is 0 Å². The quantitative estimate of drug-likeness (QED) is 0.793. The molecule has 1 unspecified atom stereocenters. The number of rotatable bonds is 5. The molecule has 5 heteroatoms. The van der Waals surface area contributed by atoms with Crippen molar-refractivity contribution in [2.75, 3.05) is 6.67 Å². The molecule has 0 heterocycles. The zero-order valence-corrected chi connectivity index (χ0v) is 8.95. The van der Waals surface area contributed by atoms with Crippen LogP contribution in [0, 0.1) is 0 Å². The Morgan fingerprint density at radius 2 is 1.87 bits per heavy atom. The van der Waals surface area contributed by atoms with Gasteiger partial charge in [0.25, 0.3) is 10.1 Å². The van der Waals surface area contributed by atoms with Gasteiger partial charge in [-0.2, -0.15) is 8.42 Å². The first-order valence-electron chi connectivity index (χ1n) is 4.63. The topological polar surface area (TPSA) is 54.4 Å². The minimum atomic E-state index is -4.16. The van der Waals surface area contributed by atoms with E-state index in [4.69, 9.17) is 4.55 Å². The Bertz CT molecular complexity index is 388. The van der Waals surface area contributed by atoms with Gasteiger partial charge in [0.1, 0.15) is 5.25 Å². The Morgan fingerprint density at radius 3 is 2.33 bits per heavy atom. The van der Waals surface area contributed by atoms with Crippen LogP contribution < -0.4 is 0 Å². The Kier molecular flexibility index (Phi) is 4.23. The zero-order valence-electron chi connectivity index (χ0n) is 8.14. The fraction of sp³-hybridized carbons (Fsp3) is 0.400. The minimum Gasteiger partial charge on any atom is -0.285 e. The summed E-state index contributed by atoms with van der Waals surface area (Å²) in [5, 5.41) is -1.02. The smallest absolute Gasteiger partial charge is 0.271 e. The minimum absolute atomic E-state index is 0.0966. The van der Waals surface area contributed by atoms with Crippen molar-refractivity contribution in [1.29, 1.82) is 0 Å². The van der Waals surface area contributed by atoms with E-state index in [0.29, 0.717) is 5.56 Å². The molecule has 0 bridgehead atoms. The van der Waals surface area contributed by atoms with Crippen molar-refractivity contribution in [1.82, 2.24) is 0 Å². The lowest BCUT2D eigenvalue weighted by molar-refractivity contribution is 0.435. The molecule has 1 aromatic rings. The van der Waals surface area contributed by atoms with Crippen LogP contribution in [0.1, 0.15) is 23.7 Å². The fourth-order valence-electron chi connectivity index (χ4n) is 1.42. The first kappa shape index (κ1) is 12.1. The molecular weight excluding hydrogens is 219 g/mol. The molecule has 1 aromatic carbocycles. The number of benzene rings is 1. The molecule has 1 N–H and O–H groups in total.